The first-order valence-electron chi connectivity index (χ1n) is 7.33. The molecule has 1 amide bonds. The summed E-state index contributed by atoms with van der Waals surface area (Å²) in [6, 6.07) is 16.9. The fourth-order valence-corrected chi connectivity index (χ4v) is 2.50. The first-order chi connectivity index (χ1) is 11.6. The Hall–Kier alpha value is -2.73. The van der Waals surface area contributed by atoms with Gasteiger partial charge in [-0.05, 0) is 37.3 Å². The molecule has 2 aromatic carbocycles. The van der Waals surface area contributed by atoms with Gasteiger partial charge in [0, 0.05) is 21.9 Å². The van der Waals surface area contributed by atoms with Crippen molar-refractivity contribution in [2.75, 3.05) is 10.6 Å². The highest BCUT2D eigenvalue weighted by atomic mass is 79.9. The maximum absolute atomic E-state index is 12.3. The summed E-state index contributed by atoms with van der Waals surface area (Å²) in [5.41, 5.74) is 3.07. The monoisotopic (exact) mass is 382 g/mol. The van der Waals surface area contributed by atoms with E-state index in [1.807, 2.05) is 55.5 Å². The molecule has 120 valence electrons. The Bertz CT molecular complexity index is 865. The maximum Gasteiger partial charge on any atom is 0.274 e. The molecule has 0 saturated carbocycles. The number of anilines is 3. The summed E-state index contributed by atoms with van der Waals surface area (Å²) in [6.45, 7) is 2.03. The molecule has 0 fully saturated rings. The molecule has 24 heavy (non-hydrogen) atoms. The number of nitrogens with one attached hydrogen (secondary N) is 2. The van der Waals surface area contributed by atoms with Crippen LogP contribution in [0, 0.1) is 6.92 Å². The van der Waals surface area contributed by atoms with E-state index in [2.05, 4.69) is 36.5 Å². The fourth-order valence-electron chi connectivity index (χ4n) is 2.10. The largest absolute Gasteiger partial charge is 0.340 e. The number of halogens is 1. The van der Waals surface area contributed by atoms with Crippen molar-refractivity contribution in [1.82, 2.24) is 9.97 Å². The molecule has 1 aromatic heterocycles. The Morgan fingerprint density at radius 1 is 1.00 bits per heavy atom. The number of hydrogen-bond acceptors (Lipinski definition) is 4. The molecule has 0 spiro atoms. The summed E-state index contributed by atoms with van der Waals surface area (Å²) in [7, 11) is 0. The molecule has 3 aromatic rings. The van der Waals surface area contributed by atoms with Crippen LogP contribution in [0.4, 0.5) is 17.2 Å². The third-order valence-corrected chi connectivity index (χ3v) is 3.80. The normalized spacial score (nSPS) is 10.2. The minimum absolute atomic E-state index is 0.289. The summed E-state index contributed by atoms with van der Waals surface area (Å²) >= 11 is 3.38. The quantitative estimate of drug-likeness (QED) is 0.694. The van der Waals surface area contributed by atoms with Crippen LogP contribution in [-0.4, -0.2) is 15.9 Å². The van der Waals surface area contributed by atoms with Gasteiger partial charge >= 0.3 is 0 Å². The van der Waals surface area contributed by atoms with E-state index in [-0.39, 0.29) is 5.91 Å². The molecule has 0 aliphatic carbocycles. The summed E-state index contributed by atoms with van der Waals surface area (Å²) in [5, 5.41) is 5.97. The van der Waals surface area contributed by atoms with Crippen molar-refractivity contribution in [1.29, 1.82) is 0 Å². The molecular formula is C18H15BrN4O. The lowest BCUT2D eigenvalue weighted by Crippen LogP contribution is -2.14. The third kappa shape index (κ3) is 4.17. The van der Waals surface area contributed by atoms with Crippen molar-refractivity contribution in [2.45, 2.75) is 6.92 Å². The second-order valence-corrected chi connectivity index (χ2v) is 6.16. The van der Waals surface area contributed by atoms with E-state index >= 15 is 0 Å². The summed E-state index contributed by atoms with van der Waals surface area (Å²) in [5.74, 6) is 0.274. The van der Waals surface area contributed by atoms with Gasteiger partial charge in [0.05, 0.1) is 0 Å². The molecule has 6 heteroatoms. The van der Waals surface area contributed by atoms with Crippen LogP contribution in [0.2, 0.25) is 0 Å². The summed E-state index contributed by atoms with van der Waals surface area (Å²) in [6.07, 6.45) is 1.37. The van der Waals surface area contributed by atoms with E-state index in [9.17, 15) is 4.79 Å². The van der Waals surface area contributed by atoms with Crippen molar-refractivity contribution in [3.63, 3.8) is 0 Å². The third-order valence-electron chi connectivity index (χ3n) is 3.31. The SMILES string of the molecule is Cc1ccc(Nc2cc(C(=O)Nc3cccc(Br)c3)ncn2)cc1. The van der Waals surface area contributed by atoms with Crippen molar-refractivity contribution < 1.29 is 4.79 Å². The van der Waals surface area contributed by atoms with E-state index in [4.69, 9.17) is 0 Å². The van der Waals surface area contributed by atoms with Crippen LogP contribution in [0.25, 0.3) is 0 Å². The van der Waals surface area contributed by atoms with Crippen molar-refractivity contribution in [2.24, 2.45) is 0 Å². The number of benzene rings is 2. The van der Waals surface area contributed by atoms with E-state index in [0.717, 1.165) is 10.2 Å². The van der Waals surface area contributed by atoms with Gasteiger partial charge in [0.15, 0.2) is 0 Å². The molecule has 0 radical (unpaired) electrons. The number of amides is 1. The van der Waals surface area contributed by atoms with Gasteiger partial charge in [0.1, 0.15) is 17.8 Å². The molecule has 2 N–H and O–H groups in total. The van der Waals surface area contributed by atoms with Gasteiger partial charge in [-0.25, -0.2) is 9.97 Å². The molecule has 0 aliphatic heterocycles. The molecule has 0 unspecified atom stereocenters. The Balaban J connectivity index is 1.74. The number of nitrogens with zero attached hydrogens (tertiary/aromatic N) is 2. The van der Waals surface area contributed by atoms with Crippen LogP contribution in [-0.2, 0) is 0 Å². The fraction of sp³-hybridized carbons (Fsp3) is 0.0556. The zero-order chi connectivity index (χ0) is 16.9. The number of aromatic nitrogens is 2. The lowest BCUT2D eigenvalue weighted by atomic mass is 10.2. The number of rotatable bonds is 4. The Labute approximate surface area is 148 Å². The Morgan fingerprint density at radius 2 is 1.79 bits per heavy atom. The molecule has 1 heterocycles. The second kappa shape index (κ2) is 7.23. The lowest BCUT2D eigenvalue weighted by Gasteiger charge is -2.08. The molecule has 5 nitrogen and oxygen atoms in total. The minimum Gasteiger partial charge on any atom is -0.340 e. The van der Waals surface area contributed by atoms with Gasteiger partial charge in [-0.2, -0.15) is 0 Å². The average molecular weight is 383 g/mol. The van der Waals surface area contributed by atoms with Gasteiger partial charge in [0.2, 0.25) is 0 Å². The molecule has 0 saturated heterocycles. The van der Waals surface area contributed by atoms with Crippen LogP contribution < -0.4 is 10.6 Å². The van der Waals surface area contributed by atoms with Crippen molar-refractivity contribution >= 4 is 39.0 Å². The van der Waals surface area contributed by atoms with Gasteiger partial charge in [-0.15, -0.1) is 0 Å². The zero-order valence-electron chi connectivity index (χ0n) is 13.0. The van der Waals surface area contributed by atoms with Gasteiger partial charge in [0.25, 0.3) is 5.91 Å². The van der Waals surface area contributed by atoms with Crippen LogP contribution >= 0.6 is 15.9 Å². The van der Waals surface area contributed by atoms with Gasteiger partial charge < -0.3 is 10.6 Å². The first kappa shape index (κ1) is 16.1. The Morgan fingerprint density at radius 3 is 2.54 bits per heavy atom. The number of carbonyl (C=O) groups is 1. The predicted octanol–water partition coefficient (Wildman–Crippen LogP) is 4.54. The van der Waals surface area contributed by atoms with Crippen molar-refractivity contribution in [3.8, 4) is 0 Å². The van der Waals surface area contributed by atoms with Gasteiger partial charge in [-0.1, -0.05) is 39.7 Å². The summed E-state index contributed by atoms with van der Waals surface area (Å²) in [4.78, 5) is 20.5. The summed E-state index contributed by atoms with van der Waals surface area (Å²) < 4.78 is 0.893. The van der Waals surface area contributed by atoms with E-state index in [1.165, 1.54) is 11.9 Å². The highest BCUT2D eigenvalue weighted by Crippen LogP contribution is 2.18. The first-order valence-corrected chi connectivity index (χ1v) is 8.12. The van der Waals surface area contributed by atoms with Crippen LogP contribution in [0.15, 0.2) is 65.4 Å². The van der Waals surface area contributed by atoms with Gasteiger partial charge in [-0.3, -0.25) is 4.79 Å². The van der Waals surface area contributed by atoms with E-state index in [1.54, 1.807) is 6.07 Å². The standard InChI is InChI=1S/C18H15BrN4O/c1-12-5-7-14(8-6-12)22-17-10-16(20-11-21-17)18(24)23-15-4-2-3-13(19)9-15/h2-11H,1H3,(H,23,24)(H,20,21,22). The predicted molar refractivity (Wildman–Crippen MR) is 98.6 cm³/mol. The maximum atomic E-state index is 12.3. The number of hydrogen-bond donors (Lipinski definition) is 2. The number of aryl methyl sites for hydroxylation is 1. The van der Waals surface area contributed by atoms with E-state index in [0.29, 0.717) is 17.2 Å². The Kier molecular flexibility index (Phi) is 4.86. The molecular weight excluding hydrogens is 368 g/mol. The highest BCUT2D eigenvalue weighted by Gasteiger charge is 2.09. The zero-order valence-corrected chi connectivity index (χ0v) is 14.5. The minimum atomic E-state index is -0.289. The molecule has 0 aliphatic rings. The molecule has 3 rings (SSSR count). The van der Waals surface area contributed by atoms with Crippen molar-refractivity contribution in [3.05, 3.63) is 76.7 Å². The average Bonchev–Trinajstić information content (AvgIpc) is 2.57. The molecule has 0 atom stereocenters. The highest BCUT2D eigenvalue weighted by molar-refractivity contribution is 9.10. The topological polar surface area (TPSA) is 66.9 Å². The van der Waals surface area contributed by atoms with Crippen LogP contribution in [0.3, 0.4) is 0 Å². The smallest absolute Gasteiger partial charge is 0.274 e. The van der Waals surface area contributed by atoms with E-state index < -0.39 is 0 Å². The van der Waals surface area contributed by atoms with Crippen LogP contribution in [0.1, 0.15) is 16.1 Å². The lowest BCUT2D eigenvalue weighted by molar-refractivity contribution is 0.102. The van der Waals surface area contributed by atoms with Crippen LogP contribution in [0.5, 0.6) is 0 Å². The number of carbonyl (C=O) groups excluding carboxylic acids is 1. The second-order valence-electron chi connectivity index (χ2n) is 5.24. The molecule has 0 bridgehead atoms.